The number of anilines is 1. The minimum Gasteiger partial charge on any atom is -0.367 e. The van der Waals surface area contributed by atoms with E-state index >= 15 is 0 Å². The van der Waals surface area contributed by atoms with Crippen LogP contribution in [0.1, 0.15) is 13.3 Å². The van der Waals surface area contributed by atoms with Crippen LogP contribution in [-0.2, 0) is 0 Å². The van der Waals surface area contributed by atoms with Gasteiger partial charge in [0.15, 0.2) is 0 Å². The van der Waals surface area contributed by atoms with E-state index < -0.39 is 0 Å². The summed E-state index contributed by atoms with van der Waals surface area (Å²) in [4.78, 5) is 8.42. The third kappa shape index (κ3) is 2.74. The van der Waals surface area contributed by atoms with Crippen molar-refractivity contribution in [1.29, 1.82) is 0 Å². The van der Waals surface area contributed by atoms with E-state index in [1.807, 2.05) is 30.3 Å². The zero-order chi connectivity index (χ0) is 12.3. The molecule has 2 rings (SSSR count). The maximum Gasteiger partial charge on any atom is 0.224 e. The van der Waals surface area contributed by atoms with Gasteiger partial charge < -0.3 is 5.32 Å². The first-order valence-electron chi connectivity index (χ1n) is 5.50. The predicted molar refractivity (Wildman–Crippen MR) is 72.4 cm³/mol. The molecule has 1 atom stereocenters. The Morgan fingerprint density at radius 1 is 1.41 bits per heavy atom. The van der Waals surface area contributed by atoms with Crippen molar-refractivity contribution < 1.29 is 0 Å². The fourth-order valence-corrected chi connectivity index (χ4v) is 1.88. The summed E-state index contributed by atoms with van der Waals surface area (Å²) in [6.07, 6.45) is 2.75. The Morgan fingerprint density at radius 3 is 2.94 bits per heavy atom. The maximum atomic E-state index is 5.90. The molecule has 1 heterocycles. The molecule has 0 fully saturated rings. The van der Waals surface area contributed by atoms with Crippen molar-refractivity contribution in [2.45, 2.75) is 19.4 Å². The zero-order valence-corrected chi connectivity index (χ0v) is 10.4. The molecule has 3 nitrogen and oxygen atoms in total. The van der Waals surface area contributed by atoms with Crippen molar-refractivity contribution in [2.24, 2.45) is 0 Å². The van der Waals surface area contributed by atoms with Crippen LogP contribution in [0.15, 0.2) is 36.9 Å². The highest BCUT2D eigenvalue weighted by atomic mass is 35.5. The van der Waals surface area contributed by atoms with Crippen LogP contribution >= 0.6 is 11.6 Å². The monoisotopic (exact) mass is 247 g/mol. The molecular weight excluding hydrogens is 234 g/mol. The molecule has 0 aliphatic heterocycles. The van der Waals surface area contributed by atoms with Crippen LogP contribution in [0.25, 0.3) is 10.9 Å². The second-order valence-electron chi connectivity index (χ2n) is 3.93. The van der Waals surface area contributed by atoms with Gasteiger partial charge in [-0.25, -0.2) is 9.97 Å². The van der Waals surface area contributed by atoms with Gasteiger partial charge in [-0.2, -0.15) is 0 Å². The molecule has 0 spiro atoms. The normalized spacial score (nSPS) is 12.4. The minimum absolute atomic E-state index is 0.261. The number of hydrogen-bond acceptors (Lipinski definition) is 3. The Kier molecular flexibility index (Phi) is 3.59. The molecule has 1 aromatic heterocycles. The molecule has 0 saturated carbocycles. The van der Waals surface area contributed by atoms with Gasteiger partial charge in [-0.05, 0) is 37.1 Å². The Labute approximate surface area is 106 Å². The molecule has 0 aliphatic rings. The number of nitrogens with one attached hydrogen (secondary N) is 1. The van der Waals surface area contributed by atoms with Crippen molar-refractivity contribution >= 4 is 28.3 Å². The topological polar surface area (TPSA) is 37.8 Å². The summed E-state index contributed by atoms with van der Waals surface area (Å²) < 4.78 is 0. The summed E-state index contributed by atoms with van der Waals surface area (Å²) in [6, 6.07) is 8.06. The zero-order valence-electron chi connectivity index (χ0n) is 9.65. The molecule has 0 saturated heterocycles. The van der Waals surface area contributed by atoms with Crippen LogP contribution in [0.4, 0.5) is 5.82 Å². The average Bonchev–Trinajstić information content (AvgIpc) is 2.29. The van der Waals surface area contributed by atoms with Gasteiger partial charge in [-0.3, -0.25) is 0 Å². The summed E-state index contributed by atoms with van der Waals surface area (Å²) in [7, 11) is 0. The van der Waals surface area contributed by atoms with Crippen LogP contribution in [0.2, 0.25) is 5.28 Å². The number of halogens is 1. The van der Waals surface area contributed by atoms with E-state index in [1.165, 1.54) is 0 Å². The van der Waals surface area contributed by atoms with E-state index in [0.717, 1.165) is 23.1 Å². The Morgan fingerprint density at radius 2 is 2.18 bits per heavy atom. The Bertz CT molecular complexity index is 539. The summed E-state index contributed by atoms with van der Waals surface area (Å²) in [5.41, 5.74) is 0.848. The van der Waals surface area contributed by atoms with Gasteiger partial charge in [0.25, 0.3) is 0 Å². The third-order valence-corrected chi connectivity index (χ3v) is 2.65. The van der Waals surface area contributed by atoms with Crippen LogP contribution in [-0.4, -0.2) is 16.0 Å². The minimum atomic E-state index is 0.261. The molecule has 1 N–H and O–H groups in total. The SMILES string of the molecule is C=CCC(C)Nc1nc(Cl)nc2ccccc12. The van der Waals surface area contributed by atoms with E-state index in [4.69, 9.17) is 11.6 Å². The van der Waals surface area contributed by atoms with Crippen molar-refractivity contribution in [2.75, 3.05) is 5.32 Å². The molecule has 0 aliphatic carbocycles. The number of rotatable bonds is 4. The first kappa shape index (κ1) is 11.9. The molecular formula is C13H14ClN3. The van der Waals surface area contributed by atoms with E-state index in [2.05, 4.69) is 28.8 Å². The van der Waals surface area contributed by atoms with E-state index in [0.29, 0.717) is 0 Å². The van der Waals surface area contributed by atoms with Gasteiger partial charge in [0, 0.05) is 11.4 Å². The standard InChI is InChI=1S/C13H14ClN3/c1-3-6-9(2)15-12-10-7-4-5-8-11(10)16-13(14)17-12/h3-5,7-9H,1,6H2,2H3,(H,15,16,17). The van der Waals surface area contributed by atoms with E-state index in [1.54, 1.807) is 0 Å². The lowest BCUT2D eigenvalue weighted by atomic mass is 10.2. The van der Waals surface area contributed by atoms with Crippen molar-refractivity contribution in [3.8, 4) is 0 Å². The fraction of sp³-hybridized carbons (Fsp3) is 0.231. The summed E-state index contributed by atoms with van der Waals surface area (Å²) in [6.45, 7) is 5.80. The van der Waals surface area contributed by atoms with Crippen LogP contribution in [0, 0.1) is 0 Å². The number of benzene rings is 1. The van der Waals surface area contributed by atoms with Gasteiger partial charge in [-0.15, -0.1) is 6.58 Å². The van der Waals surface area contributed by atoms with Gasteiger partial charge >= 0.3 is 0 Å². The highest BCUT2D eigenvalue weighted by molar-refractivity contribution is 6.28. The van der Waals surface area contributed by atoms with Gasteiger partial charge in [-0.1, -0.05) is 18.2 Å². The van der Waals surface area contributed by atoms with Crippen molar-refractivity contribution in [1.82, 2.24) is 9.97 Å². The molecule has 2 aromatic rings. The smallest absolute Gasteiger partial charge is 0.224 e. The average molecular weight is 248 g/mol. The molecule has 0 bridgehead atoms. The second kappa shape index (κ2) is 5.15. The second-order valence-corrected chi connectivity index (χ2v) is 4.27. The van der Waals surface area contributed by atoms with Gasteiger partial charge in [0.05, 0.1) is 5.52 Å². The number of hydrogen-bond donors (Lipinski definition) is 1. The summed E-state index contributed by atoms with van der Waals surface area (Å²) >= 11 is 5.90. The number of para-hydroxylation sites is 1. The fourth-order valence-electron chi connectivity index (χ4n) is 1.70. The van der Waals surface area contributed by atoms with Crippen molar-refractivity contribution in [3.05, 3.63) is 42.2 Å². The van der Waals surface area contributed by atoms with Crippen LogP contribution < -0.4 is 5.32 Å². The molecule has 17 heavy (non-hydrogen) atoms. The molecule has 88 valence electrons. The van der Waals surface area contributed by atoms with Gasteiger partial charge in [0.1, 0.15) is 5.82 Å². The Hall–Kier alpha value is -1.61. The highest BCUT2D eigenvalue weighted by Gasteiger charge is 2.08. The molecule has 1 unspecified atom stereocenters. The number of fused-ring (bicyclic) bond motifs is 1. The van der Waals surface area contributed by atoms with Crippen molar-refractivity contribution in [3.63, 3.8) is 0 Å². The van der Waals surface area contributed by atoms with E-state index in [-0.39, 0.29) is 11.3 Å². The Balaban J connectivity index is 2.41. The highest BCUT2D eigenvalue weighted by Crippen LogP contribution is 2.22. The lowest BCUT2D eigenvalue weighted by Crippen LogP contribution is -2.15. The molecule has 0 amide bonds. The number of nitrogens with zero attached hydrogens (tertiary/aromatic N) is 2. The summed E-state index contributed by atoms with van der Waals surface area (Å²) in [5.74, 6) is 0.773. The predicted octanol–water partition coefficient (Wildman–Crippen LogP) is 3.66. The molecule has 1 aromatic carbocycles. The molecule has 4 heteroatoms. The molecule has 0 radical (unpaired) electrons. The largest absolute Gasteiger partial charge is 0.367 e. The lowest BCUT2D eigenvalue weighted by Gasteiger charge is -2.14. The first-order valence-corrected chi connectivity index (χ1v) is 5.88. The third-order valence-electron chi connectivity index (χ3n) is 2.48. The van der Waals surface area contributed by atoms with Crippen LogP contribution in [0.3, 0.4) is 0 Å². The quantitative estimate of drug-likeness (QED) is 0.662. The maximum absolute atomic E-state index is 5.90. The number of aromatic nitrogens is 2. The van der Waals surface area contributed by atoms with Gasteiger partial charge in [0.2, 0.25) is 5.28 Å². The van der Waals surface area contributed by atoms with E-state index in [9.17, 15) is 0 Å². The first-order chi connectivity index (χ1) is 8.20. The summed E-state index contributed by atoms with van der Waals surface area (Å²) in [5, 5.41) is 4.56. The van der Waals surface area contributed by atoms with Crippen LogP contribution in [0.5, 0.6) is 0 Å². The lowest BCUT2D eigenvalue weighted by molar-refractivity contribution is 0.808.